The minimum absolute atomic E-state index is 0.0621. The van der Waals surface area contributed by atoms with Crippen LogP contribution in [-0.2, 0) is 14.3 Å². The lowest BCUT2D eigenvalue weighted by atomic mass is 9.86. The van der Waals surface area contributed by atoms with Gasteiger partial charge in [-0.3, -0.25) is 9.59 Å². The Kier molecular flexibility index (Phi) is 6.84. The highest BCUT2D eigenvalue weighted by Gasteiger charge is 2.29. The van der Waals surface area contributed by atoms with Crippen LogP contribution in [0, 0.1) is 5.92 Å². The van der Waals surface area contributed by atoms with Gasteiger partial charge in [0.1, 0.15) is 11.6 Å². The molecule has 4 N–H and O–H groups in total. The van der Waals surface area contributed by atoms with E-state index in [1.807, 2.05) is 0 Å². The van der Waals surface area contributed by atoms with Crippen LogP contribution in [0.5, 0.6) is 0 Å². The van der Waals surface area contributed by atoms with Gasteiger partial charge in [0.25, 0.3) is 0 Å². The van der Waals surface area contributed by atoms with Crippen molar-refractivity contribution in [2.24, 2.45) is 11.7 Å². The Morgan fingerprint density at radius 2 is 1.83 bits per heavy atom. The van der Waals surface area contributed by atoms with Crippen molar-refractivity contribution in [2.45, 2.75) is 77.5 Å². The molecular formula is C16H29N3O4. The Bertz CT molecular complexity index is 445. The second kappa shape index (κ2) is 8.17. The van der Waals surface area contributed by atoms with Gasteiger partial charge in [0.05, 0.1) is 6.42 Å². The lowest BCUT2D eigenvalue weighted by Crippen LogP contribution is -2.53. The van der Waals surface area contributed by atoms with Gasteiger partial charge in [-0.1, -0.05) is 19.8 Å². The summed E-state index contributed by atoms with van der Waals surface area (Å²) in [5, 5.41) is 5.36. The van der Waals surface area contributed by atoms with E-state index >= 15 is 0 Å². The minimum Gasteiger partial charge on any atom is -0.444 e. The van der Waals surface area contributed by atoms with E-state index in [0.717, 1.165) is 25.7 Å². The normalized spacial score (nSPS) is 22.8. The van der Waals surface area contributed by atoms with Gasteiger partial charge in [-0.15, -0.1) is 0 Å². The molecule has 0 bridgehead atoms. The van der Waals surface area contributed by atoms with E-state index in [-0.39, 0.29) is 12.5 Å². The van der Waals surface area contributed by atoms with Gasteiger partial charge < -0.3 is 21.1 Å². The molecule has 0 saturated heterocycles. The third-order valence-corrected chi connectivity index (χ3v) is 3.85. The number of carbonyl (C=O) groups is 3. The van der Waals surface area contributed by atoms with E-state index in [0.29, 0.717) is 5.92 Å². The molecule has 1 saturated carbocycles. The highest BCUT2D eigenvalue weighted by molar-refractivity contribution is 5.90. The topological polar surface area (TPSA) is 111 Å². The van der Waals surface area contributed by atoms with Gasteiger partial charge in [0.15, 0.2) is 0 Å². The second-order valence-corrected chi connectivity index (χ2v) is 7.25. The number of hydrogen-bond donors (Lipinski definition) is 3. The van der Waals surface area contributed by atoms with Crippen LogP contribution in [0.25, 0.3) is 0 Å². The molecule has 0 radical (unpaired) electrons. The zero-order valence-electron chi connectivity index (χ0n) is 14.5. The summed E-state index contributed by atoms with van der Waals surface area (Å²) < 4.78 is 5.13. The molecule has 3 amide bonds. The lowest BCUT2D eigenvalue weighted by Gasteiger charge is -2.31. The molecule has 1 aliphatic carbocycles. The maximum Gasteiger partial charge on any atom is 0.408 e. The van der Waals surface area contributed by atoms with Crippen LogP contribution in [-0.4, -0.2) is 35.6 Å². The largest absolute Gasteiger partial charge is 0.444 e. The number of rotatable bonds is 5. The third kappa shape index (κ3) is 7.34. The Morgan fingerprint density at radius 3 is 2.35 bits per heavy atom. The molecule has 0 aromatic heterocycles. The Balaban J connectivity index is 2.66. The average molecular weight is 327 g/mol. The van der Waals surface area contributed by atoms with Crippen LogP contribution < -0.4 is 16.4 Å². The zero-order chi connectivity index (χ0) is 17.6. The first-order valence-electron chi connectivity index (χ1n) is 8.16. The summed E-state index contributed by atoms with van der Waals surface area (Å²) in [6.45, 7) is 7.26. The van der Waals surface area contributed by atoms with E-state index in [9.17, 15) is 14.4 Å². The van der Waals surface area contributed by atoms with Crippen LogP contribution in [0.1, 0.15) is 59.8 Å². The zero-order valence-corrected chi connectivity index (χ0v) is 14.5. The second-order valence-electron chi connectivity index (χ2n) is 7.25. The first-order valence-corrected chi connectivity index (χ1v) is 8.16. The van der Waals surface area contributed by atoms with Gasteiger partial charge >= 0.3 is 6.09 Å². The predicted molar refractivity (Wildman–Crippen MR) is 86.5 cm³/mol. The van der Waals surface area contributed by atoms with Gasteiger partial charge in [-0.25, -0.2) is 4.79 Å². The predicted octanol–water partition coefficient (Wildman–Crippen LogP) is 1.45. The molecule has 1 rings (SSSR count). The van der Waals surface area contributed by atoms with E-state index in [1.54, 1.807) is 20.8 Å². The summed E-state index contributed by atoms with van der Waals surface area (Å²) in [4.78, 5) is 35.4. The van der Waals surface area contributed by atoms with E-state index < -0.39 is 29.6 Å². The fourth-order valence-corrected chi connectivity index (χ4v) is 2.67. The van der Waals surface area contributed by atoms with Crippen molar-refractivity contribution in [2.75, 3.05) is 0 Å². The first kappa shape index (κ1) is 19.3. The molecule has 132 valence electrons. The van der Waals surface area contributed by atoms with Gasteiger partial charge in [-0.2, -0.15) is 0 Å². The summed E-state index contributed by atoms with van der Waals surface area (Å²) >= 11 is 0. The van der Waals surface area contributed by atoms with E-state index in [1.165, 1.54) is 0 Å². The van der Waals surface area contributed by atoms with Crippen LogP contribution in [0.15, 0.2) is 0 Å². The summed E-state index contributed by atoms with van der Waals surface area (Å²) in [6, 6.07) is -0.955. The van der Waals surface area contributed by atoms with Crippen molar-refractivity contribution in [1.29, 1.82) is 0 Å². The highest BCUT2D eigenvalue weighted by atomic mass is 16.6. The number of ether oxygens (including phenoxy) is 1. The fraction of sp³-hybridized carbons (Fsp3) is 0.812. The van der Waals surface area contributed by atoms with Crippen LogP contribution >= 0.6 is 0 Å². The SMILES string of the molecule is C[C@@H]1CCCC[C@H]1NC(=O)[C@@H](CC(N)=O)NC(=O)OC(C)(C)C. The highest BCUT2D eigenvalue weighted by Crippen LogP contribution is 2.23. The van der Waals surface area contributed by atoms with Gasteiger partial charge in [0, 0.05) is 6.04 Å². The monoisotopic (exact) mass is 327 g/mol. The summed E-state index contributed by atoms with van der Waals surface area (Å²) in [6.07, 6.45) is 3.19. The average Bonchev–Trinajstić information content (AvgIpc) is 2.37. The van der Waals surface area contributed by atoms with Crippen molar-refractivity contribution in [3.63, 3.8) is 0 Å². The van der Waals surface area contributed by atoms with E-state index in [2.05, 4.69) is 17.6 Å². The van der Waals surface area contributed by atoms with Gasteiger partial charge in [0.2, 0.25) is 11.8 Å². The summed E-state index contributed by atoms with van der Waals surface area (Å²) in [7, 11) is 0. The molecule has 3 atom stereocenters. The fourth-order valence-electron chi connectivity index (χ4n) is 2.67. The van der Waals surface area contributed by atoms with Crippen molar-refractivity contribution >= 4 is 17.9 Å². The Hall–Kier alpha value is -1.79. The van der Waals surface area contributed by atoms with Crippen LogP contribution in [0.4, 0.5) is 4.79 Å². The molecule has 0 aromatic rings. The molecule has 7 nitrogen and oxygen atoms in total. The molecular weight excluding hydrogens is 298 g/mol. The molecule has 0 aliphatic heterocycles. The minimum atomic E-state index is -1.02. The van der Waals surface area contributed by atoms with Crippen molar-refractivity contribution in [3.05, 3.63) is 0 Å². The van der Waals surface area contributed by atoms with Crippen LogP contribution in [0.3, 0.4) is 0 Å². The molecule has 0 aromatic carbocycles. The molecule has 0 unspecified atom stereocenters. The molecule has 7 heteroatoms. The quantitative estimate of drug-likeness (QED) is 0.709. The Morgan fingerprint density at radius 1 is 1.22 bits per heavy atom. The van der Waals surface area contributed by atoms with Crippen molar-refractivity contribution in [1.82, 2.24) is 10.6 Å². The number of nitrogens with two attached hydrogens (primary N) is 1. The maximum atomic E-state index is 12.4. The number of primary amides is 1. The van der Waals surface area contributed by atoms with Crippen LogP contribution in [0.2, 0.25) is 0 Å². The van der Waals surface area contributed by atoms with Crippen molar-refractivity contribution in [3.8, 4) is 0 Å². The number of hydrogen-bond acceptors (Lipinski definition) is 4. The number of carbonyl (C=O) groups excluding carboxylic acids is 3. The smallest absolute Gasteiger partial charge is 0.408 e. The number of nitrogens with one attached hydrogen (secondary N) is 2. The molecule has 0 heterocycles. The van der Waals surface area contributed by atoms with Gasteiger partial charge in [-0.05, 0) is 39.5 Å². The standard InChI is InChI=1S/C16H29N3O4/c1-10-7-5-6-8-11(10)18-14(21)12(9-13(17)20)19-15(22)23-16(2,3)4/h10-12H,5-9H2,1-4H3,(H2,17,20)(H,18,21)(H,19,22)/t10-,11-,12-/m1/s1. The van der Waals surface area contributed by atoms with E-state index in [4.69, 9.17) is 10.5 Å². The number of alkyl carbamates (subject to hydrolysis) is 1. The Labute approximate surface area is 137 Å². The maximum absolute atomic E-state index is 12.4. The van der Waals surface area contributed by atoms with Crippen molar-refractivity contribution < 1.29 is 19.1 Å². The third-order valence-electron chi connectivity index (χ3n) is 3.85. The molecule has 1 aliphatic rings. The molecule has 0 spiro atoms. The lowest BCUT2D eigenvalue weighted by molar-refractivity contribution is -0.128. The first-order chi connectivity index (χ1) is 10.6. The summed E-state index contributed by atoms with van der Waals surface area (Å²) in [5.41, 5.74) is 4.50. The molecule has 1 fully saturated rings. The molecule has 23 heavy (non-hydrogen) atoms. The summed E-state index contributed by atoms with van der Waals surface area (Å²) in [5.74, 6) is -0.672. The number of amides is 3.